The van der Waals surface area contributed by atoms with E-state index in [0.29, 0.717) is 36.6 Å². The van der Waals surface area contributed by atoms with Gasteiger partial charge in [-0.3, -0.25) is 14.5 Å². The Labute approximate surface area is 236 Å². The molecule has 0 unspecified atom stereocenters. The van der Waals surface area contributed by atoms with Crippen LogP contribution in [0.1, 0.15) is 61.9 Å². The summed E-state index contributed by atoms with van der Waals surface area (Å²) in [6.45, 7) is 5.73. The summed E-state index contributed by atoms with van der Waals surface area (Å²) in [5.74, 6) is 1.63. The summed E-state index contributed by atoms with van der Waals surface area (Å²) >= 11 is 0. The third-order valence-corrected chi connectivity index (χ3v) is 8.31. The number of benzene rings is 2. The lowest BCUT2D eigenvalue weighted by atomic mass is 9.88. The molecule has 2 aromatic carbocycles. The van der Waals surface area contributed by atoms with Crippen LogP contribution < -0.4 is 19.5 Å². The van der Waals surface area contributed by atoms with Crippen molar-refractivity contribution >= 4 is 17.5 Å². The number of likely N-dealkylation sites (N-methyl/N-ethyl adjacent to an activating group) is 1. The number of anilines is 1. The second kappa shape index (κ2) is 12.5. The van der Waals surface area contributed by atoms with Crippen LogP contribution in [0.15, 0.2) is 36.4 Å². The minimum absolute atomic E-state index is 0.0173. The number of aliphatic hydroxyl groups is 1. The number of rotatable bonds is 8. The summed E-state index contributed by atoms with van der Waals surface area (Å²) in [6.07, 6.45) is 4.78. The number of hydrogen-bond acceptors (Lipinski definition) is 7. The average Bonchev–Trinajstić information content (AvgIpc) is 3.43. The van der Waals surface area contributed by atoms with E-state index >= 15 is 0 Å². The average molecular weight is 552 g/mol. The van der Waals surface area contributed by atoms with E-state index in [9.17, 15) is 14.7 Å². The third kappa shape index (κ3) is 6.20. The lowest BCUT2D eigenvalue weighted by Crippen LogP contribution is -2.49. The number of hydrogen-bond donors (Lipinski definition) is 2. The Hall–Kier alpha value is -3.30. The number of carbonyl (C=O) groups excluding carboxylic acids is 2. The summed E-state index contributed by atoms with van der Waals surface area (Å²) in [5.41, 5.74) is 2.02. The molecule has 9 heteroatoms. The van der Waals surface area contributed by atoms with Gasteiger partial charge in [-0.1, -0.05) is 38.3 Å². The smallest absolute Gasteiger partial charge is 0.258 e. The van der Waals surface area contributed by atoms with Crippen LogP contribution in [0, 0.1) is 11.8 Å². The monoisotopic (exact) mass is 551 g/mol. The molecule has 2 aromatic rings. The first-order chi connectivity index (χ1) is 19.3. The summed E-state index contributed by atoms with van der Waals surface area (Å²) in [4.78, 5) is 30.8. The van der Waals surface area contributed by atoms with Gasteiger partial charge in [0.05, 0.1) is 23.9 Å². The van der Waals surface area contributed by atoms with Gasteiger partial charge in [-0.05, 0) is 56.6 Å². The quantitative estimate of drug-likeness (QED) is 0.505. The van der Waals surface area contributed by atoms with Gasteiger partial charge in [0, 0.05) is 31.5 Å². The van der Waals surface area contributed by atoms with Crippen molar-refractivity contribution in [3.63, 3.8) is 0 Å². The van der Waals surface area contributed by atoms with Crippen molar-refractivity contribution in [2.24, 2.45) is 11.8 Å². The lowest BCUT2D eigenvalue weighted by molar-refractivity contribution is -0.120. The summed E-state index contributed by atoms with van der Waals surface area (Å²) in [5, 5.41) is 13.0. The zero-order valence-electron chi connectivity index (χ0n) is 23.7. The molecule has 2 heterocycles. The minimum Gasteiger partial charge on any atom is -0.486 e. The van der Waals surface area contributed by atoms with E-state index in [2.05, 4.69) is 17.1 Å². The van der Waals surface area contributed by atoms with Crippen LogP contribution in [0.4, 0.5) is 5.69 Å². The summed E-state index contributed by atoms with van der Waals surface area (Å²) < 4.78 is 17.7. The Morgan fingerprint density at radius 2 is 1.93 bits per heavy atom. The molecule has 0 bridgehead atoms. The molecule has 2 N–H and O–H groups in total. The zero-order chi connectivity index (χ0) is 28.2. The molecule has 2 aliphatic heterocycles. The molecule has 3 aliphatic rings. The van der Waals surface area contributed by atoms with Crippen LogP contribution in [0.5, 0.6) is 17.2 Å². The first-order valence-corrected chi connectivity index (χ1v) is 14.4. The maximum absolute atomic E-state index is 13.7. The van der Waals surface area contributed by atoms with Crippen molar-refractivity contribution < 1.29 is 28.9 Å². The number of ether oxygens (including phenoxy) is 3. The zero-order valence-corrected chi connectivity index (χ0v) is 23.7. The summed E-state index contributed by atoms with van der Waals surface area (Å²) in [6, 6.07) is 10.9. The highest BCUT2D eigenvalue weighted by molar-refractivity contribution is 6.02. The first kappa shape index (κ1) is 28.2. The predicted molar refractivity (Wildman–Crippen MR) is 152 cm³/mol. The number of aliphatic hydroxyl groups excluding tert-OH is 1. The highest BCUT2D eigenvalue weighted by Crippen LogP contribution is 2.36. The molecule has 9 nitrogen and oxygen atoms in total. The van der Waals surface area contributed by atoms with E-state index in [4.69, 9.17) is 14.2 Å². The molecule has 5 rings (SSSR count). The topological polar surface area (TPSA) is 101 Å². The van der Waals surface area contributed by atoms with Gasteiger partial charge >= 0.3 is 0 Å². The van der Waals surface area contributed by atoms with Gasteiger partial charge < -0.3 is 29.5 Å². The second-order valence-electron chi connectivity index (χ2n) is 11.5. The Morgan fingerprint density at radius 3 is 2.70 bits per heavy atom. The Balaban J connectivity index is 1.40. The molecule has 1 fully saturated rings. The number of para-hydroxylation sites is 1. The van der Waals surface area contributed by atoms with Gasteiger partial charge in [0.25, 0.3) is 5.91 Å². The number of nitrogens with one attached hydrogen (secondary N) is 1. The fraction of sp³-hybridized carbons (Fsp3) is 0.548. The molecule has 0 saturated heterocycles. The van der Waals surface area contributed by atoms with E-state index in [0.717, 1.165) is 42.7 Å². The van der Waals surface area contributed by atoms with Gasteiger partial charge in [-0.15, -0.1) is 0 Å². The molecule has 2 amide bonds. The van der Waals surface area contributed by atoms with Crippen molar-refractivity contribution in [3.05, 3.63) is 47.5 Å². The molecular formula is C31H41N3O6. The normalized spacial score (nSPS) is 21.8. The maximum atomic E-state index is 13.7. The molecule has 0 spiro atoms. The molecule has 216 valence electrons. The van der Waals surface area contributed by atoms with E-state index in [1.165, 1.54) is 6.42 Å². The van der Waals surface area contributed by atoms with Crippen LogP contribution in [-0.2, 0) is 11.3 Å². The van der Waals surface area contributed by atoms with Crippen LogP contribution in [-0.4, -0.2) is 72.4 Å². The van der Waals surface area contributed by atoms with Gasteiger partial charge in [-0.2, -0.15) is 0 Å². The van der Waals surface area contributed by atoms with Gasteiger partial charge in [0.1, 0.15) is 6.10 Å². The second-order valence-corrected chi connectivity index (χ2v) is 11.5. The number of carbonyl (C=O) groups is 2. The van der Waals surface area contributed by atoms with Gasteiger partial charge in [0.2, 0.25) is 12.7 Å². The number of fused-ring (bicyclic) bond motifs is 2. The Bertz CT molecular complexity index is 1210. The fourth-order valence-electron chi connectivity index (χ4n) is 5.88. The number of nitrogens with zero attached hydrogens (tertiary/aromatic N) is 2. The van der Waals surface area contributed by atoms with Crippen LogP contribution in [0.25, 0.3) is 0 Å². The van der Waals surface area contributed by atoms with Crippen molar-refractivity contribution in [1.29, 1.82) is 0 Å². The van der Waals surface area contributed by atoms with Crippen molar-refractivity contribution in [2.75, 3.05) is 38.9 Å². The van der Waals surface area contributed by atoms with Crippen molar-refractivity contribution in [2.45, 2.75) is 64.6 Å². The van der Waals surface area contributed by atoms with Gasteiger partial charge in [0.15, 0.2) is 17.2 Å². The van der Waals surface area contributed by atoms with Crippen LogP contribution >= 0.6 is 0 Å². The maximum Gasteiger partial charge on any atom is 0.258 e. The molecular weight excluding hydrogens is 510 g/mol. The minimum atomic E-state index is -0.353. The summed E-state index contributed by atoms with van der Waals surface area (Å²) in [7, 11) is 2.04. The lowest BCUT2D eigenvalue weighted by Gasteiger charge is -2.38. The third-order valence-electron chi connectivity index (χ3n) is 8.31. The van der Waals surface area contributed by atoms with E-state index in [-0.39, 0.29) is 49.2 Å². The molecule has 3 atom stereocenters. The molecule has 0 radical (unpaired) electrons. The SMILES string of the molecule is C[C@@H]1CN([C@@H](C)CO)C(=O)c2cccc(NC(=O)C3CCCCC3)c2O[C@H]1CN(C)Cc1ccc2c(c1)OCO2. The van der Waals surface area contributed by atoms with Crippen LogP contribution in [0.2, 0.25) is 0 Å². The van der Waals surface area contributed by atoms with Crippen molar-refractivity contribution in [3.8, 4) is 17.2 Å². The van der Waals surface area contributed by atoms with Crippen molar-refractivity contribution in [1.82, 2.24) is 9.80 Å². The predicted octanol–water partition coefficient (Wildman–Crippen LogP) is 4.29. The highest BCUT2D eigenvalue weighted by Gasteiger charge is 2.35. The van der Waals surface area contributed by atoms with E-state index in [1.807, 2.05) is 38.2 Å². The van der Waals surface area contributed by atoms with E-state index in [1.54, 1.807) is 17.0 Å². The molecule has 1 saturated carbocycles. The van der Waals surface area contributed by atoms with Gasteiger partial charge in [-0.25, -0.2) is 0 Å². The molecule has 1 aliphatic carbocycles. The largest absolute Gasteiger partial charge is 0.486 e. The standard InChI is InChI=1S/C31H41N3O6/c1-20-15-34(21(2)18-35)31(37)24-10-7-11-25(32-30(36)23-8-5-4-6-9-23)29(24)40-28(20)17-33(3)16-22-12-13-26-27(14-22)39-19-38-26/h7,10-14,20-21,23,28,35H,4-6,8-9,15-19H2,1-3H3,(H,32,36)/t20-,21+,28+/m1/s1. The molecule has 40 heavy (non-hydrogen) atoms. The first-order valence-electron chi connectivity index (χ1n) is 14.4. The highest BCUT2D eigenvalue weighted by atomic mass is 16.7. The fourth-order valence-corrected chi connectivity index (χ4v) is 5.88. The van der Waals surface area contributed by atoms with E-state index < -0.39 is 0 Å². The van der Waals surface area contributed by atoms with Crippen LogP contribution in [0.3, 0.4) is 0 Å². The Morgan fingerprint density at radius 1 is 1.15 bits per heavy atom. The number of amides is 2. The molecule has 0 aromatic heterocycles. The Kier molecular flexibility index (Phi) is 8.81.